The minimum absolute atomic E-state index is 0.0884. The van der Waals surface area contributed by atoms with E-state index in [-0.39, 0.29) is 53.0 Å². The molecule has 1 unspecified atom stereocenters. The zero-order chi connectivity index (χ0) is 56.0. The molecule has 1 atom stereocenters. The summed E-state index contributed by atoms with van der Waals surface area (Å²) in [5.74, 6) is -5.66. The Labute approximate surface area is 453 Å². The van der Waals surface area contributed by atoms with Crippen molar-refractivity contribution in [2.45, 2.75) is 57.5 Å². The van der Waals surface area contributed by atoms with Gasteiger partial charge < -0.3 is 47.4 Å². The van der Waals surface area contributed by atoms with Crippen LogP contribution in [0.25, 0.3) is 20.8 Å². The van der Waals surface area contributed by atoms with Gasteiger partial charge in [0.05, 0.1) is 40.2 Å². The average Bonchev–Trinajstić information content (AvgIpc) is 4.36. The SMILES string of the molecule is C=CC(=O)OCC(COc1ccc(OC(=O)C2CCC(C(=O)Oc3ccc(OC(=O)C4CCC(C(=O)Oc5ccc(C(=O)OCOC(=O)/C=C6\CO6)cc5)CC4)c4nc(-c5ccc([N+](=O)[O-])cc5)sc34)CC2)cc1)OC(=O)C=C. The third-order valence-electron chi connectivity index (χ3n) is 12.8. The molecule has 3 aliphatic rings. The van der Waals surface area contributed by atoms with Crippen LogP contribution < -0.4 is 23.7 Å². The lowest BCUT2D eigenvalue weighted by Gasteiger charge is -2.26. The highest BCUT2D eigenvalue weighted by molar-refractivity contribution is 7.22. The summed E-state index contributed by atoms with van der Waals surface area (Å²) >= 11 is 1.13. The predicted molar refractivity (Wildman–Crippen MR) is 275 cm³/mol. The van der Waals surface area contributed by atoms with Crippen LogP contribution in [0.4, 0.5) is 5.69 Å². The highest BCUT2D eigenvalue weighted by Crippen LogP contribution is 2.43. The first-order valence-corrected chi connectivity index (χ1v) is 25.6. The molecule has 0 amide bonds. The van der Waals surface area contributed by atoms with Crippen LogP contribution in [-0.2, 0) is 57.2 Å². The van der Waals surface area contributed by atoms with Gasteiger partial charge in [-0.25, -0.2) is 24.2 Å². The Bertz CT molecular complexity index is 3160. The minimum atomic E-state index is -0.940. The lowest BCUT2D eigenvalue weighted by Crippen LogP contribution is -2.30. The minimum Gasteiger partial charge on any atom is -0.490 e. The Kier molecular flexibility index (Phi) is 18.6. The standard InChI is InChI=1S/C56H50N2O20S/c1-3-46(59)71-30-43(74-47(60)4-2)29-69-39-21-23-41(24-22-39)76-54(64)35-7-11-37(12-8-35)56(66)78-45-26-25-44(49-50(45)79-51(57-49)32-13-17-38(18-14-32)58(67)68)77-55(65)36-9-5-34(6-10-36)53(63)75-40-19-15-33(16-20-40)52(62)73-31-72-48(61)27-42-28-70-42/h3-4,13-27,34-37,43H,1-2,5-12,28-31H2/b42-27+. The number of nitro benzene ring substituents is 1. The van der Waals surface area contributed by atoms with Crippen molar-refractivity contribution >= 4 is 75.0 Å². The Morgan fingerprint density at radius 3 is 1.66 bits per heavy atom. The van der Waals surface area contributed by atoms with Gasteiger partial charge in [-0.05, 0) is 124 Å². The Hall–Kier alpha value is -9.25. The van der Waals surface area contributed by atoms with E-state index >= 15 is 0 Å². The number of thiazole rings is 1. The van der Waals surface area contributed by atoms with Crippen LogP contribution in [0.3, 0.4) is 0 Å². The molecule has 410 valence electrons. The largest absolute Gasteiger partial charge is 0.490 e. The van der Waals surface area contributed by atoms with Gasteiger partial charge in [0.1, 0.15) is 58.1 Å². The molecule has 3 fully saturated rings. The number of hydrogen-bond donors (Lipinski definition) is 0. The molecule has 22 nitrogen and oxygen atoms in total. The van der Waals surface area contributed by atoms with E-state index in [1.807, 2.05) is 0 Å². The van der Waals surface area contributed by atoms with Crippen LogP contribution >= 0.6 is 11.3 Å². The number of esters is 8. The van der Waals surface area contributed by atoms with E-state index in [9.17, 15) is 48.5 Å². The van der Waals surface area contributed by atoms with Crippen LogP contribution in [0, 0.1) is 33.8 Å². The number of nitro groups is 1. The summed E-state index contributed by atoms with van der Waals surface area (Å²) in [5, 5.41) is 11.8. The molecule has 0 spiro atoms. The summed E-state index contributed by atoms with van der Waals surface area (Å²) in [6.45, 7) is 5.99. The van der Waals surface area contributed by atoms with Crippen LogP contribution in [0.2, 0.25) is 0 Å². The maximum atomic E-state index is 13.8. The monoisotopic (exact) mass is 1100 g/mol. The number of nitrogens with zero attached hydrogens (tertiary/aromatic N) is 2. The molecule has 0 N–H and O–H groups in total. The van der Waals surface area contributed by atoms with Crippen molar-refractivity contribution in [3.63, 3.8) is 0 Å². The Morgan fingerprint density at radius 2 is 1.13 bits per heavy atom. The molecule has 79 heavy (non-hydrogen) atoms. The van der Waals surface area contributed by atoms with E-state index < -0.39 is 89.2 Å². The quantitative estimate of drug-likeness (QED) is 0.00920. The van der Waals surface area contributed by atoms with Crippen molar-refractivity contribution < 1.29 is 90.6 Å². The first-order chi connectivity index (χ1) is 38.1. The number of ether oxygens (including phenoxy) is 10. The van der Waals surface area contributed by atoms with Crippen molar-refractivity contribution in [3.8, 4) is 39.3 Å². The van der Waals surface area contributed by atoms with E-state index in [1.165, 1.54) is 72.8 Å². The summed E-state index contributed by atoms with van der Waals surface area (Å²) < 4.78 is 54.0. The molecule has 5 aromatic rings. The number of non-ortho nitro benzene ring substituents is 1. The van der Waals surface area contributed by atoms with Crippen molar-refractivity contribution in [1.29, 1.82) is 0 Å². The smallest absolute Gasteiger partial charge is 0.341 e. The van der Waals surface area contributed by atoms with Crippen molar-refractivity contribution in [2.75, 3.05) is 26.6 Å². The van der Waals surface area contributed by atoms with E-state index in [2.05, 4.69) is 13.2 Å². The fourth-order valence-corrected chi connectivity index (χ4v) is 9.46. The summed E-state index contributed by atoms with van der Waals surface area (Å²) in [6, 6.07) is 20.5. The zero-order valence-electron chi connectivity index (χ0n) is 42.1. The number of carbonyl (C=O) groups excluding carboxylic acids is 8. The normalized spacial score (nSPS) is 18.3. The van der Waals surface area contributed by atoms with Crippen LogP contribution in [0.15, 0.2) is 122 Å². The molecular formula is C56H50N2O20S. The first-order valence-electron chi connectivity index (χ1n) is 24.8. The highest BCUT2D eigenvalue weighted by Gasteiger charge is 2.35. The molecule has 0 bridgehead atoms. The summed E-state index contributed by atoms with van der Waals surface area (Å²) in [4.78, 5) is 117. The molecule has 8 rings (SSSR count). The van der Waals surface area contributed by atoms with Gasteiger partial charge in [0.15, 0.2) is 17.6 Å². The number of epoxide rings is 1. The first kappa shape index (κ1) is 56.0. The number of fused-ring (bicyclic) bond motifs is 1. The third kappa shape index (κ3) is 15.5. The second kappa shape index (κ2) is 26.2. The molecule has 1 aromatic heterocycles. The number of benzene rings is 4. The van der Waals surface area contributed by atoms with Gasteiger partial charge >= 0.3 is 47.8 Å². The van der Waals surface area contributed by atoms with Gasteiger partial charge in [-0.1, -0.05) is 13.2 Å². The Morgan fingerprint density at radius 1 is 0.620 bits per heavy atom. The van der Waals surface area contributed by atoms with Gasteiger partial charge in [0, 0.05) is 29.8 Å². The van der Waals surface area contributed by atoms with Crippen molar-refractivity contribution in [1.82, 2.24) is 4.98 Å². The molecule has 0 radical (unpaired) electrons. The van der Waals surface area contributed by atoms with Crippen molar-refractivity contribution in [2.24, 2.45) is 23.7 Å². The number of carbonyl (C=O) groups is 8. The molecule has 23 heteroatoms. The molecule has 2 heterocycles. The number of hydrogen-bond acceptors (Lipinski definition) is 22. The highest BCUT2D eigenvalue weighted by atomic mass is 32.1. The number of rotatable bonds is 22. The molecule has 1 saturated heterocycles. The van der Waals surface area contributed by atoms with Gasteiger partial charge in [-0.15, -0.1) is 11.3 Å². The second-order valence-corrected chi connectivity index (χ2v) is 19.2. The zero-order valence-corrected chi connectivity index (χ0v) is 42.9. The lowest BCUT2D eigenvalue weighted by molar-refractivity contribution is -0.384. The number of aromatic nitrogens is 1. The predicted octanol–water partition coefficient (Wildman–Crippen LogP) is 8.28. The lowest BCUT2D eigenvalue weighted by atomic mass is 9.82. The topological polar surface area (TPSA) is 288 Å². The van der Waals surface area contributed by atoms with E-state index in [0.717, 1.165) is 29.6 Å². The summed E-state index contributed by atoms with van der Waals surface area (Å²) in [7, 11) is 0. The fraction of sp³-hybridized carbons (Fsp3) is 0.304. The van der Waals surface area contributed by atoms with Gasteiger partial charge in [-0.3, -0.25) is 29.3 Å². The van der Waals surface area contributed by atoms with Crippen LogP contribution in [0.5, 0.6) is 28.7 Å². The summed E-state index contributed by atoms with van der Waals surface area (Å²) in [5.41, 5.74) is 0.740. The average molecular weight is 1100 g/mol. The second-order valence-electron chi connectivity index (χ2n) is 18.2. The Balaban J connectivity index is 0.836. The van der Waals surface area contributed by atoms with Gasteiger partial charge in [0.2, 0.25) is 6.79 Å². The molecule has 4 aromatic carbocycles. The van der Waals surface area contributed by atoms with E-state index in [4.69, 9.17) is 52.4 Å². The van der Waals surface area contributed by atoms with Gasteiger partial charge in [-0.2, -0.15) is 0 Å². The molecule has 1 aliphatic heterocycles. The van der Waals surface area contributed by atoms with Crippen molar-refractivity contribution in [3.05, 3.63) is 138 Å². The maximum Gasteiger partial charge on any atom is 0.341 e. The van der Waals surface area contributed by atoms with Crippen LogP contribution in [-0.4, -0.2) is 90.4 Å². The van der Waals surface area contributed by atoms with Crippen LogP contribution in [0.1, 0.15) is 61.7 Å². The molecular weight excluding hydrogens is 1050 g/mol. The van der Waals surface area contributed by atoms with E-state index in [0.29, 0.717) is 84.8 Å². The third-order valence-corrected chi connectivity index (χ3v) is 13.9. The summed E-state index contributed by atoms with van der Waals surface area (Å²) in [6.07, 6.45) is 4.74. The molecule has 2 aliphatic carbocycles. The maximum absolute atomic E-state index is 13.8. The van der Waals surface area contributed by atoms with Gasteiger partial charge in [0.25, 0.3) is 5.69 Å². The van der Waals surface area contributed by atoms with E-state index in [1.54, 1.807) is 12.1 Å². The fourth-order valence-electron chi connectivity index (χ4n) is 8.42. The molecule has 2 saturated carbocycles.